The van der Waals surface area contributed by atoms with Crippen molar-refractivity contribution < 1.29 is 22.5 Å². The predicted octanol–water partition coefficient (Wildman–Crippen LogP) is 2.82. The Balaban J connectivity index is 2.00. The Bertz CT molecular complexity index is 793. The van der Waals surface area contributed by atoms with Crippen LogP contribution in [0.5, 0.6) is 0 Å². The van der Waals surface area contributed by atoms with Gasteiger partial charge in [0.25, 0.3) is 5.91 Å². The Kier molecular flexibility index (Phi) is 2.89. The first kappa shape index (κ1) is 13.2. The minimum Gasteiger partial charge on any atom is -0.351 e. The highest BCUT2D eigenvalue weighted by molar-refractivity contribution is 6.06. The van der Waals surface area contributed by atoms with Gasteiger partial charge in [-0.3, -0.25) is 9.89 Å². The molecule has 2 aromatic heterocycles. The number of carbonyl (C=O) groups excluding carboxylic acids is 1. The van der Waals surface area contributed by atoms with E-state index < -0.39 is 17.6 Å². The van der Waals surface area contributed by atoms with Gasteiger partial charge in [-0.2, -0.15) is 18.3 Å². The minimum absolute atomic E-state index is 0.0162. The van der Waals surface area contributed by atoms with Crippen molar-refractivity contribution in [2.45, 2.75) is 6.18 Å². The van der Waals surface area contributed by atoms with E-state index in [0.717, 1.165) is 6.07 Å². The lowest BCUT2D eigenvalue weighted by Crippen LogP contribution is -2.11. The second-order valence-corrected chi connectivity index (χ2v) is 4.13. The molecule has 1 aromatic carbocycles. The summed E-state index contributed by atoms with van der Waals surface area (Å²) in [6, 6.07) is 4.92. The number of halogens is 3. The number of hydrogen-bond acceptors (Lipinski definition) is 4. The number of nitrogens with zero attached hydrogens (tertiary/aromatic N) is 2. The smallest absolute Gasteiger partial charge is 0.351 e. The van der Waals surface area contributed by atoms with Crippen LogP contribution in [0.15, 0.2) is 35.0 Å². The van der Waals surface area contributed by atoms with Crippen LogP contribution in [0.4, 0.5) is 19.0 Å². The molecule has 0 radical (unpaired) electrons. The fourth-order valence-corrected chi connectivity index (χ4v) is 1.88. The third kappa shape index (κ3) is 2.33. The highest BCUT2D eigenvalue weighted by Crippen LogP contribution is 2.35. The van der Waals surface area contributed by atoms with Gasteiger partial charge in [-0.15, -0.1) is 0 Å². The van der Waals surface area contributed by atoms with Crippen molar-refractivity contribution >= 4 is 22.6 Å². The van der Waals surface area contributed by atoms with Crippen molar-refractivity contribution in [2.75, 3.05) is 5.32 Å². The molecule has 3 aromatic rings. The molecule has 0 atom stereocenters. The van der Waals surface area contributed by atoms with E-state index in [1.807, 2.05) is 0 Å². The molecule has 0 aliphatic carbocycles. The van der Waals surface area contributed by atoms with E-state index in [0.29, 0.717) is 0 Å². The molecule has 6 nitrogen and oxygen atoms in total. The number of fused-ring (bicyclic) bond motifs is 1. The highest BCUT2D eigenvalue weighted by Gasteiger charge is 2.33. The molecule has 0 spiro atoms. The summed E-state index contributed by atoms with van der Waals surface area (Å²) in [4.78, 5) is 11.8. The van der Waals surface area contributed by atoms with Gasteiger partial charge in [0.05, 0.1) is 17.3 Å². The Hall–Kier alpha value is -2.84. The molecule has 21 heavy (non-hydrogen) atoms. The number of para-hydroxylation sites is 1. The van der Waals surface area contributed by atoms with Crippen molar-refractivity contribution in [1.82, 2.24) is 15.4 Å². The topological polar surface area (TPSA) is 83.8 Å². The third-order valence-electron chi connectivity index (χ3n) is 2.80. The SMILES string of the molecule is O=C(Nc1n[nH]c2c(C(F)(F)F)cccc12)c1ccno1. The number of rotatable bonds is 2. The van der Waals surface area contributed by atoms with Gasteiger partial charge in [0.2, 0.25) is 5.76 Å². The number of carbonyl (C=O) groups is 1. The average molecular weight is 296 g/mol. The number of nitrogens with one attached hydrogen (secondary N) is 2. The van der Waals surface area contributed by atoms with Crippen LogP contribution in [0.25, 0.3) is 10.9 Å². The zero-order valence-corrected chi connectivity index (χ0v) is 10.2. The molecule has 3 rings (SSSR count). The monoisotopic (exact) mass is 296 g/mol. The first-order valence-corrected chi connectivity index (χ1v) is 5.73. The number of H-pyrrole nitrogens is 1. The maximum absolute atomic E-state index is 12.9. The Labute approximate surface area is 114 Å². The quantitative estimate of drug-likeness (QED) is 0.761. The standard InChI is InChI=1S/C12H7F3N4O2/c13-12(14,15)7-3-1-2-6-9(7)18-19-10(6)17-11(20)8-4-5-16-21-8/h1-5H,(H2,17,18,19,20). The summed E-state index contributed by atoms with van der Waals surface area (Å²) < 4.78 is 43.2. The van der Waals surface area contributed by atoms with E-state index in [9.17, 15) is 18.0 Å². The van der Waals surface area contributed by atoms with E-state index in [4.69, 9.17) is 0 Å². The Morgan fingerprint density at radius 1 is 1.29 bits per heavy atom. The van der Waals surface area contributed by atoms with Gasteiger partial charge in [-0.1, -0.05) is 11.2 Å². The summed E-state index contributed by atoms with van der Waals surface area (Å²) in [7, 11) is 0. The number of hydrogen-bond donors (Lipinski definition) is 2. The van der Waals surface area contributed by atoms with Crippen molar-refractivity contribution in [3.63, 3.8) is 0 Å². The van der Waals surface area contributed by atoms with Gasteiger partial charge in [0, 0.05) is 11.5 Å². The molecule has 0 aliphatic heterocycles. The molecular formula is C12H7F3N4O2. The van der Waals surface area contributed by atoms with Crippen LogP contribution in [0.3, 0.4) is 0 Å². The maximum Gasteiger partial charge on any atom is 0.418 e. The van der Waals surface area contributed by atoms with E-state index in [2.05, 4.69) is 25.2 Å². The van der Waals surface area contributed by atoms with Crippen LogP contribution in [0.2, 0.25) is 0 Å². The zero-order chi connectivity index (χ0) is 15.0. The van der Waals surface area contributed by atoms with Crippen molar-refractivity contribution in [2.24, 2.45) is 0 Å². The number of alkyl halides is 3. The Morgan fingerprint density at radius 3 is 2.76 bits per heavy atom. The van der Waals surface area contributed by atoms with E-state index in [1.54, 1.807) is 0 Å². The lowest BCUT2D eigenvalue weighted by Gasteiger charge is -2.07. The molecule has 2 heterocycles. The minimum atomic E-state index is -4.52. The lowest BCUT2D eigenvalue weighted by molar-refractivity contribution is -0.136. The molecule has 0 bridgehead atoms. The second kappa shape index (κ2) is 4.62. The van der Waals surface area contributed by atoms with E-state index in [-0.39, 0.29) is 22.5 Å². The molecule has 2 N–H and O–H groups in total. The third-order valence-corrected chi connectivity index (χ3v) is 2.80. The van der Waals surface area contributed by atoms with Crippen LogP contribution in [0, 0.1) is 0 Å². The van der Waals surface area contributed by atoms with Crippen LogP contribution in [-0.2, 0) is 6.18 Å². The summed E-state index contributed by atoms with van der Waals surface area (Å²) in [5.41, 5.74) is -1.05. The first-order valence-electron chi connectivity index (χ1n) is 5.73. The van der Waals surface area contributed by atoms with Crippen LogP contribution in [-0.4, -0.2) is 21.3 Å². The predicted molar refractivity (Wildman–Crippen MR) is 65.6 cm³/mol. The van der Waals surface area contributed by atoms with Gasteiger partial charge in [0.15, 0.2) is 5.82 Å². The fourth-order valence-electron chi connectivity index (χ4n) is 1.88. The second-order valence-electron chi connectivity index (χ2n) is 4.13. The van der Waals surface area contributed by atoms with Gasteiger partial charge in [-0.25, -0.2) is 0 Å². The van der Waals surface area contributed by atoms with Crippen molar-refractivity contribution in [3.05, 3.63) is 41.8 Å². The van der Waals surface area contributed by atoms with Crippen LogP contribution in [0.1, 0.15) is 16.1 Å². The summed E-state index contributed by atoms with van der Waals surface area (Å²) in [5, 5.41) is 11.9. The zero-order valence-electron chi connectivity index (χ0n) is 10.2. The van der Waals surface area contributed by atoms with Crippen LogP contribution >= 0.6 is 0 Å². The number of benzene rings is 1. The number of aromatic nitrogens is 3. The number of amides is 1. The van der Waals surface area contributed by atoms with Gasteiger partial charge in [0.1, 0.15) is 0 Å². The summed E-state index contributed by atoms with van der Waals surface area (Å²) in [5.74, 6) is -0.742. The first-order chi connectivity index (χ1) is 9.97. The summed E-state index contributed by atoms with van der Waals surface area (Å²) in [6.07, 6.45) is -3.24. The van der Waals surface area contributed by atoms with E-state index in [1.165, 1.54) is 24.4 Å². The molecule has 1 amide bonds. The summed E-state index contributed by atoms with van der Waals surface area (Å²) >= 11 is 0. The van der Waals surface area contributed by atoms with Crippen molar-refractivity contribution in [1.29, 1.82) is 0 Å². The fraction of sp³-hybridized carbons (Fsp3) is 0.0833. The highest BCUT2D eigenvalue weighted by atomic mass is 19.4. The largest absolute Gasteiger partial charge is 0.418 e. The number of aromatic amines is 1. The van der Waals surface area contributed by atoms with Crippen molar-refractivity contribution in [3.8, 4) is 0 Å². The van der Waals surface area contributed by atoms with Gasteiger partial charge < -0.3 is 9.84 Å². The van der Waals surface area contributed by atoms with E-state index >= 15 is 0 Å². The molecule has 0 unspecified atom stereocenters. The average Bonchev–Trinajstić information content (AvgIpc) is 3.07. The van der Waals surface area contributed by atoms with Gasteiger partial charge >= 0.3 is 6.18 Å². The maximum atomic E-state index is 12.9. The molecular weight excluding hydrogens is 289 g/mol. The molecule has 0 saturated carbocycles. The number of anilines is 1. The van der Waals surface area contributed by atoms with Crippen LogP contribution < -0.4 is 5.32 Å². The lowest BCUT2D eigenvalue weighted by atomic mass is 10.1. The molecule has 9 heteroatoms. The molecule has 0 saturated heterocycles. The molecule has 108 valence electrons. The normalized spacial score (nSPS) is 11.8. The molecule has 0 aliphatic rings. The van der Waals surface area contributed by atoms with Gasteiger partial charge in [-0.05, 0) is 12.1 Å². The molecule has 0 fully saturated rings. The summed E-state index contributed by atoms with van der Waals surface area (Å²) in [6.45, 7) is 0. The Morgan fingerprint density at radius 2 is 2.10 bits per heavy atom.